The van der Waals surface area contributed by atoms with E-state index in [1.807, 2.05) is 0 Å². The van der Waals surface area contributed by atoms with Crippen LogP contribution in [0.15, 0.2) is 0 Å². The molecule has 51 heavy (non-hydrogen) atoms. The predicted octanol–water partition coefficient (Wildman–Crippen LogP) is 8.98. The largest absolute Gasteiger partial charge is 0.460 e. The number of rotatable bonds is 13. The quantitative estimate of drug-likeness (QED) is 0.182. The third-order valence-electron chi connectivity index (χ3n) is 5.81. The molecule has 0 aromatic carbocycles. The van der Waals surface area contributed by atoms with Gasteiger partial charge in [-0.15, -0.1) is 0 Å². The first kappa shape index (κ1) is 48.6. The highest BCUT2D eigenvalue weighted by Gasteiger charge is 3.03. The van der Waals surface area contributed by atoms with Gasteiger partial charge in [-0.1, -0.05) is 0 Å². The highest BCUT2D eigenvalue weighted by Crippen LogP contribution is 2.70. The Morgan fingerprint density at radius 3 is 0.725 bits per heavy atom. The van der Waals surface area contributed by atoms with Gasteiger partial charge in [0.25, 0.3) is 0 Å². The monoisotopic (exact) mass is 850 g/mol. The maximum atomic E-state index is 14.9. The van der Waals surface area contributed by atoms with E-state index in [0.717, 1.165) is 4.74 Å². The zero-order chi connectivity index (χ0) is 42.7. The van der Waals surface area contributed by atoms with E-state index in [4.69, 9.17) is 10.2 Å². The van der Waals surface area contributed by atoms with Crippen LogP contribution in [0.2, 0.25) is 0 Å². The van der Waals surface area contributed by atoms with Crippen molar-refractivity contribution in [2.75, 3.05) is 0 Å². The molecular formula is C16H2F32O3. The minimum absolute atomic E-state index is 0.789. The van der Waals surface area contributed by atoms with Crippen LogP contribution in [0.5, 0.6) is 0 Å². The number of hydrogen-bond acceptors (Lipinski definition) is 3. The molecule has 0 fully saturated rings. The van der Waals surface area contributed by atoms with E-state index in [-0.39, 0.29) is 0 Å². The summed E-state index contributed by atoms with van der Waals surface area (Å²) in [6.07, 6.45) is -43.4. The molecule has 35 heteroatoms. The van der Waals surface area contributed by atoms with Crippen LogP contribution in [-0.4, -0.2) is 106 Å². The molecule has 0 aliphatic rings. The summed E-state index contributed by atoms with van der Waals surface area (Å²) in [5.41, 5.74) is -10.6. The average molecular weight is 850 g/mol. The first-order valence-electron chi connectivity index (χ1n) is 10.4. The van der Waals surface area contributed by atoms with Crippen LogP contribution in [0.25, 0.3) is 0 Å². The number of aliphatic hydroxyl groups is 2. The van der Waals surface area contributed by atoms with Crippen LogP contribution in [0.3, 0.4) is 0 Å². The van der Waals surface area contributed by atoms with Crippen LogP contribution in [0.1, 0.15) is 0 Å². The number of halogens is 32. The zero-order valence-electron chi connectivity index (χ0n) is 21.4. The van der Waals surface area contributed by atoms with Gasteiger partial charge in [0.1, 0.15) is 0 Å². The van der Waals surface area contributed by atoms with Crippen molar-refractivity contribution < 1.29 is 155 Å². The number of alkyl halides is 32. The Morgan fingerprint density at radius 2 is 0.510 bits per heavy atom. The summed E-state index contributed by atoms with van der Waals surface area (Å²) >= 11 is 0. The third kappa shape index (κ3) is 5.90. The molecule has 2 N–H and O–H groups in total. The summed E-state index contributed by atoms with van der Waals surface area (Å²) < 4.78 is 427. The van der Waals surface area contributed by atoms with Gasteiger partial charge in [0, 0.05) is 0 Å². The molecule has 0 bridgehead atoms. The van der Waals surface area contributed by atoms with Gasteiger partial charge in [-0.2, -0.15) is 136 Å². The standard InChI is InChI=1S/C16H2F32O3/c17-1(3(20,21)12(36,37)38,10(34,49)16(47,48)51-11(35,14(42,43)44)15(45,46)50)2(18,19)4(22,23)5(24,25)6(26,27)7(28,29)8(30,31)9(32,33)13(39,40)41/h49-50H. The molecule has 3 nitrogen and oxygen atoms in total. The molecule has 0 heterocycles. The molecule has 0 aromatic rings. The Kier molecular flexibility index (Phi) is 11.0. The van der Waals surface area contributed by atoms with Crippen molar-refractivity contribution in [3.05, 3.63) is 0 Å². The van der Waals surface area contributed by atoms with E-state index in [0.29, 0.717) is 0 Å². The fourth-order valence-corrected chi connectivity index (χ4v) is 2.92. The highest BCUT2D eigenvalue weighted by molar-refractivity contribution is 5.25. The van der Waals surface area contributed by atoms with Gasteiger partial charge in [-0.3, -0.25) is 4.74 Å². The lowest BCUT2D eigenvalue weighted by Crippen LogP contribution is -2.84. The van der Waals surface area contributed by atoms with E-state index >= 15 is 0 Å². The summed E-state index contributed by atoms with van der Waals surface area (Å²) in [6.45, 7) is 0. The molecule has 0 aliphatic carbocycles. The summed E-state index contributed by atoms with van der Waals surface area (Å²) in [5.74, 6) is -98.1. The molecule has 0 radical (unpaired) electrons. The molecule has 0 amide bonds. The van der Waals surface area contributed by atoms with Crippen molar-refractivity contribution in [1.82, 2.24) is 0 Å². The molecular weight excluding hydrogens is 848 g/mol. The molecule has 0 aliphatic heterocycles. The van der Waals surface area contributed by atoms with Crippen LogP contribution in [0, 0.1) is 0 Å². The summed E-state index contributed by atoms with van der Waals surface area (Å²) in [5, 5.41) is 16.2. The Balaban J connectivity index is 8.38. The van der Waals surface area contributed by atoms with Gasteiger partial charge >= 0.3 is 95.5 Å². The molecule has 3 atom stereocenters. The molecule has 0 aromatic heterocycles. The fraction of sp³-hybridized carbons (Fsp3) is 1.00. The second-order valence-corrected chi connectivity index (χ2v) is 9.12. The number of hydrogen-bond donors (Lipinski definition) is 2. The van der Waals surface area contributed by atoms with Gasteiger partial charge in [-0.25, -0.2) is 4.39 Å². The first-order chi connectivity index (χ1) is 21.2. The van der Waals surface area contributed by atoms with E-state index < -0.39 is 95.5 Å². The Labute approximate surface area is 252 Å². The maximum Gasteiger partial charge on any atom is 0.460 e. The lowest BCUT2D eigenvalue weighted by atomic mass is 9.75. The van der Waals surface area contributed by atoms with E-state index in [2.05, 4.69) is 0 Å². The van der Waals surface area contributed by atoms with Crippen molar-refractivity contribution in [1.29, 1.82) is 0 Å². The van der Waals surface area contributed by atoms with Crippen molar-refractivity contribution in [2.24, 2.45) is 0 Å². The summed E-state index contributed by atoms with van der Waals surface area (Å²) in [6, 6.07) is 0. The van der Waals surface area contributed by atoms with Crippen LogP contribution < -0.4 is 0 Å². The smallest absolute Gasteiger partial charge is 0.352 e. The lowest BCUT2D eigenvalue weighted by Gasteiger charge is -2.50. The second-order valence-electron chi connectivity index (χ2n) is 9.12. The van der Waals surface area contributed by atoms with E-state index in [1.54, 1.807) is 0 Å². The zero-order valence-corrected chi connectivity index (χ0v) is 21.4. The predicted molar refractivity (Wildman–Crippen MR) is 84.7 cm³/mol. The Morgan fingerprint density at radius 1 is 0.275 bits per heavy atom. The van der Waals surface area contributed by atoms with Gasteiger partial charge < -0.3 is 10.2 Å². The maximum absolute atomic E-state index is 14.9. The topological polar surface area (TPSA) is 49.7 Å². The molecule has 0 saturated heterocycles. The molecule has 0 spiro atoms. The Bertz CT molecular complexity index is 1250. The van der Waals surface area contributed by atoms with Crippen LogP contribution >= 0.6 is 0 Å². The molecule has 0 rings (SSSR count). The second kappa shape index (κ2) is 11.6. The number of ether oxygens (including phenoxy) is 1. The van der Waals surface area contributed by atoms with Gasteiger partial charge in [0.05, 0.1) is 0 Å². The van der Waals surface area contributed by atoms with Crippen molar-refractivity contribution in [2.45, 2.75) is 95.5 Å². The van der Waals surface area contributed by atoms with Gasteiger partial charge in [0.2, 0.25) is 0 Å². The van der Waals surface area contributed by atoms with Crippen molar-refractivity contribution >= 4 is 0 Å². The summed E-state index contributed by atoms with van der Waals surface area (Å²) in [7, 11) is 0. The minimum Gasteiger partial charge on any atom is -0.352 e. The van der Waals surface area contributed by atoms with Crippen molar-refractivity contribution in [3.8, 4) is 0 Å². The highest BCUT2D eigenvalue weighted by atomic mass is 19.4. The van der Waals surface area contributed by atoms with Crippen LogP contribution in [0.4, 0.5) is 140 Å². The van der Waals surface area contributed by atoms with E-state index in [1.165, 1.54) is 0 Å². The van der Waals surface area contributed by atoms with E-state index in [9.17, 15) is 140 Å². The Hall–Kier alpha value is -2.36. The average Bonchev–Trinajstić information content (AvgIpc) is 2.83. The SMILES string of the molecule is OC(F)(F)C(F)(OC(F)(F)C(O)(F)C(F)(C(F)(F)C(F)(F)F)C(F)(F)C(F)(F)C(F)(F)C(F)(F)C(F)(F)C(F)(F)C(F)(F)C(F)(F)F)C(F)(F)F. The van der Waals surface area contributed by atoms with Gasteiger partial charge in [-0.05, 0) is 0 Å². The molecule has 308 valence electrons. The fourth-order valence-electron chi connectivity index (χ4n) is 2.92. The van der Waals surface area contributed by atoms with Crippen LogP contribution in [-0.2, 0) is 4.74 Å². The molecule has 0 saturated carbocycles. The summed E-state index contributed by atoms with van der Waals surface area (Å²) in [4.78, 5) is 0. The first-order valence-corrected chi connectivity index (χ1v) is 10.4. The third-order valence-corrected chi connectivity index (χ3v) is 5.81. The normalized spacial score (nSPS) is 20.1. The lowest BCUT2D eigenvalue weighted by molar-refractivity contribution is -0.550. The minimum atomic E-state index is -10.6. The molecule has 3 unspecified atom stereocenters. The van der Waals surface area contributed by atoms with Crippen molar-refractivity contribution in [3.63, 3.8) is 0 Å². The van der Waals surface area contributed by atoms with Gasteiger partial charge in [0.15, 0.2) is 0 Å².